The van der Waals surface area contributed by atoms with Gasteiger partial charge in [0.05, 0.1) is 0 Å². The molecule has 0 aliphatic carbocycles. The fraction of sp³-hybridized carbons (Fsp3) is 0.625. The normalized spacial score (nSPS) is 18.1. The Labute approximate surface area is 117 Å². The van der Waals surface area contributed by atoms with Gasteiger partial charge in [0.2, 0.25) is 0 Å². The summed E-state index contributed by atoms with van der Waals surface area (Å²) >= 11 is 0. The lowest BCUT2D eigenvalue weighted by atomic mass is 9.96. The number of hydrogen-bond acceptors (Lipinski definition) is 3. The van der Waals surface area contributed by atoms with Crippen LogP contribution >= 0.6 is 0 Å². The Hall–Kier alpha value is -0.900. The summed E-state index contributed by atoms with van der Waals surface area (Å²) in [5, 5.41) is 0. The second-order valence-electron chi connectivity index (χ2n) is 5.76. The van der Waals surface area contributed by atoms with Crippen LogP contribution in [0.2, 0.25) is 0 Å². The first kappa shape index (κ1) is 14.5. The highest BCUT2D eigenvalue weighted by Gasteiger charge is 2.19. The number of likely N-dealkylation sites (tertiary alicyclic amines) is 1. The van der Waals surface area contributed by atoms with E-state index >= 15 is 0 Å². The van der Waals surface area contributed by atoms with Crippen LogP contribution in [0.5, 0.6) is 0 Å². The van der Waals surface area contributed by atoms with Gasteiger partial charge in [-0.1, -0.05) is 30.3 Å². The molecule has 1 aromatic rings. The molecular formula is C16H27N3. The standard InChI is InChI=1S/C16H27N3/c1-18(13-15-5-3-2-4-6-15)14-16-7-10-19(11-8-16)12-9-17/h2-6,16H,7-14,17H2,1H3. The highest BCUT2D eigenvalue weighted by Crippen LogP contribution is 2.18. The first-order chi connectivity index (χ1) is 9.28. The van der Waals surface area contributed by atoms with Crippen molar-refractivity contribution in [3.8, 4) is 0 Å². The zero-order valence-corrected chi connectivity index (χ0v) is 12.1. The molecule has 0 aromatic heterocycles. The maximum atomic E-state index is 5.61. The van der Waals surface area contributed by atoms with E-state index in [2.05, 4.69) is 47.2 Å². The van der Waals surface area contributed by atoms with Gasteiger partial charge in [-0.2, -0.15) is 0 Å². The number of benzene rings is 1. The Bertz CT molecular complexity index is 344. The molecule has 1 aromatic carbocycles. The molecule has 0 radical (unpaired) electrons. The molecule has 0 spiro atoms. The van der Waals surface area contributed by atoms with Gasteiger partial charge in [-0.05, 0) is 44.5 Å². The lowest BCUT2D eigenvalue weighted by molar-refractivity contribution is 0.155. The molecule has 0 amide bonds. The third-order valence-electron chi connectivity index (χ3n) is 4.02. The average Bonchev–Trinajstić information content (AvgIpc) is 2.42. The van der Waals surface area contributed by atoms with E-state index in [0.717, 1.165) is 25.6 Å². The van der Waals surface area contributed by atoms with E-state index in [-0.39, 0.29) is 0 Å². The molecule has 0 atom stereocenters. The van der Waals surface area contributed by atoms with E-state index in [9.17, 15) is 0 Å². The zero-order chi connectivity index (χ0) is 13.5. The van der Waals surface area contributed by atoms with Crippen molar-refractivity contribution in [2.24, 2.45) is 11.7 Å². The van der Waals surface area contributed by atoms with Crippen molar-refractivity contribution in [3.05, 3.63) is 35.9 Å². The first-order valence-electron chi connectivity index (χ1n) is 7.43. The smallest absolute Gasteiger partial charge is 0.0230 e. The summed E-state index contributed by atoms with van der Waals surface area (Å²) in [5.41, 5.74) is 7.02. The lowest BCUT2D eigenvalue weighted by Gasteiger charge is -2.33. The average molecular weight is 261 g/mol. The Morgan fingerprint density at radius 1 is 1.21 bits per heavy atom. The van der Waals surface area contributed by atoms with Gasteiger partial charge in [0.1, 0.15) is 0 Å². The predicted octanol–water partition coefficient (Wildman–Crippen LogP) is 1.79. The molecular weight excluding hydrogens is 234 g/mol. The van der Waals surface area contributed by atoms with Crippen LogP contribution in [0.15, 0.2) is 30.3 Å². The van der Waals surface area contributed by atoms with Gasteiger partial charge >= 0.3 is 0 Å². The molecule has 3 heteroatoms. The number of rotatable bonds is 6. The third kappa shape index (κ3) is 4.94. The van der Waals surface area contributed by atoms with Crippen LogP contribution in [0.1, 0.15) is 18.4 Å². The van der Waals surface area contributed by atoms with Crippen LogP contribution < -0.4 is 5.73 Å². The van der Waals surface area contributed by atoms with Crippen LogP contribution in [0.3, 0.4) is 0 Å². The van der Waals surface area contributed by atoms with Crippen molar-refractivity contribution in [2.45, 2.75) is 19.4 Å². The minimum absolute atomic E-state index is 0.790. The van der Waals surface area contributed by atoms with E-state index in [1.807, 2.05) is 0 Å². The summed E-state index contributed by atoms with van der Waals surface area (Å²) in [6.45, 7) is 6.57. The summed E-state index contributed by atoms with van der Waals surface area (Å²) < 4.78 is 0. The van der Waals surface area contributed by atoms with E-state index < -0.39 is 0 Å². The lowest BCUT2D eigenvalue weighted by Crippen LogP contribution is -2.39. The van der Waals surface area contributed by atoms with Crippen LogP contribution in [0, 0.1) is 5.92 Å². The number of piperidine rings is 1. The second-order valence-corrected chi connectivity index (χ2v) is 5.76. The van der Waals surface area contributed by atoms with Crippen LogP contribution in [0.25, 0.3) is 0 Å². The molecule has 0 saturated carbocycles. The van der Waals surface area contributed by atoms with E-state index in [1.54, 1.807) is 0 Å². The van der Waals surface area contributed by atoms with Gasteiger partial charge in [0.25, 0.3) is 0 Å². The molecule has 2 rings (SSSR count). The van der Waals surface area contributed by atoms with Gasteiger partial charge in [-0.15, -0.1) is 0 Å². The molecule has 0 unspecified atom stereocenters. The summed E-state index contributed by atoms with van der Waals surface area (Å²) in [6, 6.07) is 10.7. The quantitative estimate of drug-likeness (QED) is 0.847. The van der Waals surface area contributed by atoms with Crippen molar-refractivity contribution in [1.29, 1.82) is 0 Å². The number of nitrogens with two attached hydrogens (primary N) is 1. The van der Waals surface area contributed by atoms with Crippen LogP contribution in [-0.2, 0) is 6.54 Å². The maximum absolute atomic E-state index is 5.61. The molecule has 0 bridgehead atoms. The molecule has 3 nitrogen and oxygen atoms in total. The summed E-state index contributed by atoms with van der Waals surface area (Å²) in [4.78, 5) is 4.95. The molecule has 19 heavy (non-hydrogen) atoms. The SMILES string of the molecule is CN(Cc1ccccc1)CC1CCN(CCN)CC1. The highest BCUT2D eigenvalue weighted by atomic mass is 15.1. The van der Waals surface area contributed by atoms with E-state index in [1.165, 1.54) is 38.0 Å². The Kier molecular flexibility index (Phi) is 5.83. The van der Waals surface area contributed by atoms with E-state index in [4.69, 9.17) is 5.73 Å². The van der Waals surface area contributed by atoms with Gasteiger partial charge in [-0.25, -0.2) is 0 Å². The van der Waals surface area contributed by atoms with Gasteiger partial charge in [0, 0.05) is 26.2 Å². The number of hydrogen-bond donors (Lipinski definition) is 1. The topological polar surface area (TPSA) is 32.5 Å². The molecule has 1 aliphatic rings. The third-order valence-corrected chi connectivity index (χ3v) is 4.02. The van der Waals surface area contributed by atoms with Crippen molar-refractivity contribution >= 4 is 0 Å². The maximum Gasteiger partial charge on any atom is 0.0230 e. The minimum Gasteiger partial charge on any atom is -0.329 e. The Balaban J connectivity index is 1.70. The Morgan fingerprint density at radius 2 is 1.89 bits per heavy atom. The minimum atomic E-state index is 0.790. The second kappa shape index (κ2) is 7.63. The predicted molar refractivity (Wildman–Crippen MR) is 81.0 cm³/mol. The fourth-order valence-electron chi connectivity index (χ4n) is 2.98. The summed E-state index contributed by atoms with van der Waals surface area (Å²) in [5.74, 6) is 0.850. The van der Waals surface area contributed by atoms with Gasteiger partial charge in [-0.3, -0.25) is 0 Å². The van der Waals surface area contributed by atoms with Crippen molar-refractivity contribution < 1.29 is 0 Å². The van der Waals surface area contributed by atoms with Gasteiger partial charge < -0.3 is 15.5 Å². The molecule has 1 fully saturated rings. The summed E-state index contributed by atoms with van der Waals surface area (Å²) in [7, 11) is 2.24. The van der Waals surface area contributed by atoms with Crippen molar-refractivity contribution in [2.75, 3.05) is 39.8 Å². The van der Waals surface area contributed by atoms with Crippen LogP contribution in [0.4, 0.5) is 0 Å². The molecule has 106 valence electrons. The van der Waals surface area contributed by atoms with Crippen molar-refractivity contribution in [3.63, 3.8) is 0 Å². The zero-order valence-electron chi connectivity index (χ0n) is 12.1. The van der Waals surface area contributed by atoms with Crippen molar-refractivity contribution in [1.82, 2.24) is 9.80 Å². The molecule has 1 aliphatic heterocycles. The largest absolute Gasteiger partial charge is 0.329 e. The van der Waals surface area contributed by atoms with E-state index in [0.29, 0.717) is 0 Å². The fourth-order valence-corrected chi connectivity index (χ4v) is 2.98. The Morgan fingerprint density at radius 3 is 2.53 bits per heavy atom. The monoisotopic (exact) mass is 261 g/mol. The molecule has 2 N–H and O–H groups in total. The van der Waals surface area contributed by atoms with Gasteiger partial charge in [0.15, 0.2) is 0 Å². The summed E-state index contributed by atoms with van der Waals surface area (Å²) in [6.07, 6.45) is 2.64. The molecule has 1 heterocycles. The molecule has 1 saturated heterocycles. The first-order valence-corrected chi connectivity index (χ1v) is 7.43. The number of nitrogens with zero attached hydrogens (tertiary/aromatic N) is 2. The highest BCUT2D eigenvalue weighted by molar-refractivity contribution is 5.14. The van der Waals surface area contributed by atoms with Crippen LogP contribution in [-0.4, -0.2) is 49.6 Å².